The standard InChI is InChI=1S/C33H38OP.BrH/c1-26(20-21-32-27(2)24-28(34)25-33(32,3)4)22-23-35(29-14-8-5-9-15-29,30-16-10-6-11-17-30)31-18-12-7-13-19-31;/h5-23,27-28,34H,24-25H2,1-4H3;1H/q+1;/p-1/t27-,28-;/m1./s1. The van der Waals surface area contributed by atoms with Crippen molar-refractivity contribution in [2.24, 2.45) is 11.3 Å². The lowest BCUT2D eigenvalue weighted by atomic mass is 9.67. The van der Waals surface area contributed by atoms with Crippen LogP contribution in [0.2, 0.25) is 0 Å². The Kier molecular flexibility index (Phi) is 9.70. The molecule has 0 unspecified atom stereocenters. The Bertz CT molecular complexity index is 1100. The van der Waals surface area contributed by atoms with E-state index in [4.69, 9.17) is 0 Å². The summed E-state index contributed by atoms with van der Waals surface area (Å²) < 4.78 is 0. The maximum Gasteiger partial charge on any atom is 0.136 e. The van der Waals surface area contributed by atoms with E-state index in [1.54, 1.807) is 0 Å². The molecule has 1 saturated carbocycles. The predicted molar refractivity (Wildman–Crippen MR) is 154 cm³/mol. The van der Waals surface area contributed by atoms with Gasteiger partial charge in [0.2, 0.25) is 0 Å². The Hall–Kier alpha value is -2.25. The molecule has 0 amide bonds. The molecule has 0 radical (unpaired) electrons. The van der Waals surface area contributed by atoms with Crippen molar-refractivity contribution < 1.29 is 22.1 Å². The van der Waals surface area contributed by atoms with Crippen molar-refractivity contribution in [3.05, 3.63) is 126 Å². The molecule has 36 heavy (non-hydrogen) atoms. The molecule has 0 aliphatic heterocycles. The fraction of sp³-hybridized carbons (Fsp3) is 0.273. The van der Waals surface area contributed by atoms with Gasteiger partial charge in [-0.2, -0.15) is 0 Å². The number of allylic oxidation sites excluding steroid dienone is 5. The highest BCUT2D eigenvalue weighted by molar-refractivity contribution is 7.98. The molecule has 3 heteroatoms. The zero-order chi connectivity index (χ0) is 24.9. The number of benzene rings is 3. The van der Waals surface area contributed by atoms with Crippen LogP contribution in [-0.2, 0) is 0 Å². The third-order valence-electron chi connectivity index (χ3n) is 7.26. The number of aliphatic hydroxyl groups excluding tert-OH is 1. The maximum atomic E-state index is 10.3. The van der Waals surface area contributed by atoms with Gasteiger partial charge in [-0.3, -0.25) is 0 Å². The number of rotatable bonds is 6. The quantitative estimate of drug-likeness (QED) is 0.354. The molecule has 0 bridgehead atoms. The summed E-state index contributed by atoms with van der Waals surface area (Å²) in [7, 11) is -1.98. The Balaban J connectivity index is 0.00000361. The van der Waals surface area contributed by atoms with E-state index in [9.17, 15) is 5.11 Å². The van der Waals surface area contributed by atoms with Crippen LogP contribution in [0.15, 0.2) is 126 Å². The van der Waals surface area contributed by atoms with Crippen LogP contribution in [0.5, 0.6) is 0 Å². The van der Waals surface area contributed by atoms with E-state index in [0.717, 1.165) is 12.8 Å². The smallest absolute Gasteiger partial charge is 0.136 e. The molecule has 188 valence electrons. The van der Waals surface area contributed by atoms with Gasteiger partial charge in [0.05, 0.1) is 11.9 Å². The first-order valence-electron chi connectivity index (χ1n) is 12.6. The van der Waals surface area contributed by atoms with E-state index in [2.05, 4.69) is 143 Å². The zero-order valence-corrected chi connectivity index (χ0v) is 24.3. The van der Waals surface area contributed by atoms with Crippen molar-refractivity contribution in [1.29, 1.82) is 0 Å². The normalized spacial score (nSPS) is 21.4. The largest absolute Gasteiger partial charge is 1.00 e. The van der Waals surface area contributed by atoms with Gasteiger partial charge in [-0.05, 0) is 79.1 Å². The molecule has 0 heterocycles. The van der Waals surface area contributed by atoms with E-state index in [0.29, 0.717) is 5.92 Å². The zero-order valence-electron chi connectivity index (χ0n) is 21.8. The van der Waals surface area contributed by atoms with Gasteiger partial charge < -0.3 is 22.1 Å². The minimum Gasteiger partial charge on any atom is -1.00 e. The fourth-order valence-electron chi connectivity index (χ4n) is 5.58. The molecule has 0 aromatic heterocycles. The second-order valence-electron chi connectivity index (χ2n) is 10.5. The summed E-state index contributed by atoms with van der Waals surface area (Å²) in [6, 6.07) is 32.8. The van der Waals surface area contributed by atoms with E-state index in [1.165, 1.54) is 27.1 Å². The molecule has 2 atom stereocenters. The third-order valence-corrected chi connectivity index (χ3v) is 11.2. The van der Waals surface area contributed by atoms with Gasteiger partial charge in [-0.1, -0.05) is 93.1 Å². The van der Waals surface area contributed by atoms with Crippen LogP contribution in [0.25, 0.3) is 0 Å². The van der Waals surface area contributed by atoms with Crippen LogP contribution >= 0.6 is 7.26 Å². The molecular weight excluding hydrogens is 523 g/mol. The summed E-state index contributed by atoms with van der Waals surface area (Å²) in [6.45, 7) is 8.95. The van der Waals surface area contributed by atoms with E-state index < -0.39 is 7.26 Å². The number of aliphatic hydroxyl groups is 1. The average molecular weight is 562 g/mol. The lowest BCUT2D eigenvalue weighted by Crippen LogP contribution is -3.00. The molecule has 1 aliphatic rings. The molecule has 3 aromatic carbocycles. The Morgan fingerprint density at radius 1 is 0.833 bits per heavy atom. The van der Waals surface area contributed by atoms with Crippen LogP contribution in [0.1, 0.15) is 40.5 Å². The van der Waals surface area contributed by atoms with Gasteiger partial charge in [-0.25, -0.2) is 0 Å². The van der Waals surface area contributed by atoms with Gasteiger partial charge in [0, 0.05) is 0 Å². The minimum atomic E-state index is -1.98. The van der Waals surface area contributed by atoms with Gasteiger partial charge in [0.1, 0.15) is 23.2 Å². The van der Waals surface area contributed by atoms with Gasteiger partial charge >= 0.3 is 0 Å². The van der Waals surface area contributed by atoms with Crippen molar-refractivity contribution in [1.82, 2.24) is 0 Å². The molecule has 1 N–H and O–H groups in total. The molecule has 4 rings (SSSR count). The third kappa shape index (κ3) is 6.17. The van der Waals surface area contributed by atoms with Crippen molar-refractivity contribution in [3.8, 4) is 0 Å². The summed E-state index contributed by atoms with van der Waals surface area (Å²) in [4.78, 5) is 0. The SMILES string of the molecule is CC(C=C[P+](c1ccccc1)(c1ccccc1)c1ccccc1)=CC=C1[C@H](C)C[C@@H](O)CC1(C)C.[Br-]. The molecule has 1 nitrogen and oxygen atoms in total. The molecule has 1 fully saturated rings. The molecule has 3 aromatic rings. The maximum absolute atomic E-state index is 10.3. The Morgan fingerprint density at radius 3 is 1.69 bits per heavy atom. The predicted octanol–water partition coefficient (Wildman–Crippen LogP) is 4.19. The van der Waals surface area contributed by atoms with E-state index in [1.807, 2.05) is 0 Å². The summed E-state index contributed by atoms with van der Waals surface area (Å²) >= 11 is 0. The first-order chi connectivity index (χ1) is 16.8. The lowest BCUT2D eigenvalue weighted by molar-refractivity contribution is -0.0000134. The first-order valence-corrected chi connectivity index (χ1v) is 14.5. The van der Waals surface area contributed by atoms with Gasteiger partial charge in [0.25, 0.3) is 0 Å². The van der Waals surface area contributed by atoms with Gasteiger partial charge in [-0.15, -0.1) is 0 Å². The van der Waals surface area contributed by atoms with Crippen molar-refractivity contribution >= 4 is 23.2 Å². The highest BCUT2D eigenvalue weighted by Crippen LogP contribution is 2.57. The summed E-state index contributed by atoms with van der Waals surface area (Å²) in [5.41, 5.74) is 2.69. The summed E-state index contributed by atoms with van der Waals surface area (Å²) in [6.07, 6.45) is 8.36. The highest BCUT2D eigenvalue weighted by Gasteiger charge is 2.43. The minimum absolute atomic E-state index is 0. The van der Waals surface area contributed by atoms with Crippen LogP contribution in [0.3, 0.4) is 0 Å². The van der Waals surface area contributed by atoms with E-state index >= 15 is 0 Å². The fourth-order valence-corrected chi connectivity index (χ4v) is 9.38. The second-order valence-corrected chi connectivity index (χ2v) is 13.7. The molecule has 0 spiro atoms. The highest BCUT2D eigenvalue weighted by atomic mass is 79.9. The van der Waals surface area contributed by atoms with Crippen LogP contribution in [0, 0.1) is 11.3 Å². The Morgan fingerprint density at radius 2 is 1.28 bits per heavy atom. The average Bonchev–Trinajstić information content (AvgIpc) is 2.85. The van der Waals surface area contributed by atoms with E-state index in [-0.39, 0.29) is 28.5 Å². The van der Waals surface area contributed by atoms with Gasteiger partial charge in [0.15, 0.2) is 0 Å². The summed E-state index contributed by atoms with van der Waals surface area (Å²) in [5, 5.41) is 14.3. The van der Waals surface area contributed by atoms with Crippen molar-refractivity contribution in [2.45, 2.75) is 46.6 Å². The molecule has 0 saturated heterocycles. The number of halogens is 1. The topological polar surface area (TPSA) is 20.2 Å². The van der Waals surface area contributed by atoms with Crippen molar-refractivity contribution in [2.75, 3.05) is 0 Å². The first kappa shape index (κ1) is 28.3. The van der Waals surface area contributed by atoms with Crippen LogP contribution in [-0.4, -0.2) is 11.2 Å². The van der Waals surface area contributed by atoms with Crippen LogP contribution in [0.4, 0.5) is 0 Å². The lowest BCUT2D eigenvalue weighted by Gasteiger charge is -2.40. The molecule has 1 aliphatic carbocycles. The number of hydrogen-bond acceptors (Lipinski definition) is 1. The monoisotopic (exact) mass is 560 g/mol. The number of hydrogen-bond donors (Lipinski definition) is 1. The Labute approximate surface area is 228 Å². The van der Waals surface area contributed by atoms with Crippen LogP contribution < -0.4 is 32.9 Å². The second kappa shape index (κ2) is 12.3. The summed E-state index contributed by atoms with van der Waals surface area (Å²) in [5.74, 6) is 2.86. The molecular formula is C33H38BrOP. The van der Waals surface area contributed by atoms with Crippen molar-refractivity contribution in [3.63, 3.8) is 0 Å².